The largest absolute Gasteiger partial charge is 0.858 e. The molecule has 0 aromatic rings. The number of aliphatic imine (C=N–C) groups is 1. The highest BCUT2D eigenvalue weighted by Crippen LogP contribution is 2.18. The molecule has 0 aliphatic carbocycles. The number of quaternary nitrogens is 1. The van der Waals surface area contributed by atoms with Crippen LogP contribution in [0.2, 0.25) is 6.04 Å². The van der Waals surface area contributed by atoms with Crippen molar-refractivity contribution >= 4 is 38.7 Å². The van der Waals surface area contributed by atoms with E-state index in [1.165, 1.54) is 0 Å². The van der Waals surface area contributed by atoms with Gasteiger partial charge in [0.05, 0.1) is 21.1 Å². The molecular weight excluding hydrogens is 415 g/mol. The van der Waals surface area contributed by atoms with E-state index >= 15 is 0 Å². The molecule has 0 amide bonds. The molecule has 0 heterocycles. The highest BCUT2D eigenvalue weighted by atomic mass is 127. The van der Waals surface area contributed by atoms with Gasteiger partial charge in [-0.25, -0.2) is 0 Å². The predicted octanol–water partition coefficient (Wildman–Crippen LogP) is 1.51. The van der Waals surface area contributed by atoms with Gasteiger partial charge >= 0.3 is 8.80 Å². The topological polar surface area (TPSA) is 63.1 Å². The SMILES string of the molecule is CCO[Si](CCCN=C([O-])C[N+](C)(C)C)(OCC)OCC.I. The Kier molecular flexibility index (Phi) is 14.1. The molecule has 22 heavy (non-hydrogen) atoms. The first-order chi connectivity index (χ1) is 9.78. The van der Waals surface area contributed by atoms with Crippen molar-refractivity contribution in [3.05, 3.63) is 0 Å². The fourth-order valence-electron chi connectivity index (χ4n) is 1.96. The molecule has 134 valence electrons. The second-order valence-electron chi connectivity index (χ2n) is 5.81. The molecule has 0 aliphatic rings. The normalized spacial score (nSPS) is 13.1. The summed E-state index contributed by atoms with van der Waals surface area (Å²) in [6, 6.07) is 0.698. The molecule has 0 fully saturated rings. The van der Waals surface area contributed by atoms with Crippen molar-refractivity contribution in [2.24, 2.45) is 4.99 Å². The zero-order chi connectivity index (χ0) is 16.4. The minimum Gasteiger partial charge on any atom is -0.858 e. The summed E-state index contributed by atoms with van der Waals surface area (Å²) >= 11 is 0. The van der Waals surface area contributed by atoms with Gasteiger partial charge in [-0.15, -0.1) is 24.0 Å². The van der Waals surface area contributed by atoms with Gasteiger partial charge in [0.15, 0.2) is 0 Å². The van der Waals surface area contributed by atoms with Crippen molar-refractivity contribution in [3.8, 4) is 0 Å². The summed E-state index contributed by atoms with van der Waals surface area (Å²) < 4.78 is 17.9. The summed E-state index contributed by atoms with van der Waals surface area (Å²) in [5.41, 5.74) is 0. The lowest BCUT2D eigenvalue weighted by Gasteiger charge is -2.28. The predicted molar refractivity (Wildman–Crippen MR) is 101 cm³/mol. The van der Waals surface area contributed by atoms with Crippen LogP contribution in [0.4, 0.5) is 0 Å². The molecule has 0 N–H and O–H groups in total. The molecule has 0 spiro atoms. The van der Waals surface area contributed by atoms with Crippen molar-refractivity contribution in [2.75, 3.05) is 54.1 Å². The molecule has 0 aliphatic heterocycles. The van der Waals surface area contributed by atoms with E-state index in [9.17, 15) is 5.11 Å². The lowest BCUT2D eigenvalue weighted by molar-refractivity contribution is -0.863. The Hall–Kier alpha value is 0.257. The van der Waals surface area contributed by atoms with Crippen LogP contribution in [0.1, 0.15) is 27.2 Å². The smallest absolute Gasteiger partial charge is 0.500 e. The van der Waals surface area contributed by atoms with Crippen LogP contribution in [0.5, 0.6) is 0 Å². The van der Waals surface area contributed by atoms with Crippen LogP contribution >= 0.6 is 24.0 Å². The Morgan fingerprint density at radius 3 is 1.82 bits per heavy atom. The summed E-state index contributed by atoms with van der Waals surface area (Å²) in [5, 5.41) is 11.7. The Morgan fingerprint density at radius 1 is 1.00 bits per heavy atom. The second kappa shape index (κ2) is 12.7. The van der Waals surface area contributed by atoms with E-state index in [2.05, 4.69) is 4.99 Å². The van der Waals surface area contributed by atoms with Gasteiger partial charge in [-0.05, 0) is 27.2 Å². The first kappa shape index (κ1) is 24.5. The van der Waals surface area contributed by atoms with Gasteiger partial charge in [-0.2, -0.15) is 0 Å². The van der Waals surface area contributed by atoms with Crippen molar-refractivity contribution < 1.29 is 22.9 Å². The third-order valence-electron chi connectivity index (χ3n) is 2.63. The Balaban J connectivity index is 0. The van der Waals surface area contributed by atoms with Crippen LogP contribution < -0.4 is 5.11 Å². The second-order valence-corrected chi connectivity index (χ2v) is 8.54. The van der Waals surface area contributed by atoms with E-state index in [0.717, 1.165) is 6.42 Å². The average Bonchev–Trinajstić information content (AvgIpc) is 2.33. The Labute approximate surface area is 153 Å². The fraction of sp³-hybridized carbons (Fsp3) is 0.929. The standard InChI is InChI=1S/C14H32N2O4Si.HI/c1-7-18-21(19-8-2,20-9-3)12-10-11-15-14(17)13-16(4,5)6;/h7-13H2,1-6H3;1H. The Morgan fingerprint density at radius 2 is 1.45 bits per heavy atom. The van der Waals surface area contributed by atoms with Crippen LogP contribution in [-0.2, 0) is 13.3 Å². The molecule has 6 nitrogen and oxygen atoms in total. The molecule has 0 unspecified atom stereocenters. The van der Waals surface area contributed by atoms with Gasteiger partial charge in [-0.3, -0.25) is 4.99 Å². The zero-order valence-electron chi connectivity index (χ0n) is 14.9. The van der Waals surface area contributed by atoms with Crippen LogP contribution in [0.25, 0.3) is 0 Å². The van der Waals surface area contributed by atoms with Gasteiger partial charge in [0.1, 0.15) is 6.54 Å². The number of hydrogen-bond donors (Lipinski definition) is 0. The van der Waals surface area contributed by atoms with E-state index < -0.39 is 8.80 Å². The fourth-order valence-corrected chi connectivity index (χ4v) is 4.55. The summed E-state index contributed by atoms with van der Waals surface area (Å²) in [7, 11) is 3.34. The number of likely N-dealkylation sites (N-methyl/N-ethyl adjacent to an activating group) is 1. The van der Waals surface area contributed by atoms with Crippen molar-refractivity contribution in [1.82, 2.24) is 0 Å². The summed E-state index contributed by atoms with van der Waals surface area (Å²) in [4.78, 5) is 4.09. The monoisotopic (exact) mass is 448 g/mol. The molecule has 0 atom stereocenters. The number of hydrogen-bond acceptors (Lipinski definition) is 5. The molecule has 0 saturated heterocycles. The maximum atomic E-state index is 11.7. The maximum absolute atomic E-state index is 11.7. The van der Waals surface area contributed by atoms with E-state index in [1.54, 1.807) is 0 Å². The van der Waals surface area contributed by atoms with Gasteiger partial charge in [0.25, 0.3) is 0 Å². The molecule has 0 aromatic carbocycles. The van der Waals surface area contributed by atoms with Crippen molar-refractivity contribution in [3.63, 3.8) is 0 Å². The van der Waals surface area contributed by atoms with Crippen LogP contribution in [-0.4, -0.2) is 73.2 Å². The van der Waals surface area contributed by atoms with Crippen molar-refractivity contribution in [2.45, 2.75) is 33.2 Å². The summed E-state index contributed by atoms with van der Waals surface area (Å²) in [6.45, 7) is 8.46. The minimum absolute atomic E-state index is 0. The van der Waals surface area contributed by atoms with Crippen LogP contribution in [0.3, 0.4) is 0 Å². The van der Waals surface area contributed by atoms with Gasteiger partial charge < -0.3 is 22.9 Å². The lowest BCUT2D eigenvalue weighted by atomic mass is 10.4. The zero-order valence-corrected chi connectivity index (χ0v) is 18.2. The minimum atomic E-state index is -2.59. The van der Waals surface area contributed by atoms with Crippen LogP contribution in [0.15, 0.2) is 4.99 Å². The maximum Gasteiger partial charge on any atom is 0.500 e. The van der Waals surface area contributed by atoms with Crippen LogP contribution in [0, 0.1) is 0 Å². The first-order valence-corrected chi connectivity index (χ1v) is 9.64. The quantitative estimate of drug-likeness (QED) is 0.113. The Bertz CT molecular complexity index is 295. The van der Waals surface area contributed by atoms with Gasteiger partial charge in [0, 0.05) is 38.3 Å². The van der Waals surface area contributed by atoms with E-state index in [4.69, 9.17) is 13.3 Å². The summed E-state index contributed by atoms with van der Waals surface area (Å²) in [6.07, 6.45) is 0.745. The highest BCUT2D eigenvalue weighted by Gasteiger charge is 2.39. The van der Waals surface area contributed by atoms with Crippen molar-refractivity contribution in [1.29, 1.82) is 0 Å². The lowest BCUT2D eigenvalue weighted by Crippen LogP contribution is -2.46. The molecule has 0 rings (SSSR count). The first-order valence-electron chi connectivity index (χ1n) is 7.71. The molecule has 8 heteroatoms. The van der Waals surface area contributed by atoms with Gasteiger partial charge in [0.2, 0.25) is 0 Å². The summed E-state index contributed by atoms with van der Waals surface area (Å²) in [5.74, 6) is -0.0565. The van der Waals surface area contributed by atoms with E-state index in [0.29, 0.717) is 43.4 Å². The third kappa shape index (κ3) is 11.8. The molecule has 0 aromatic heterocycles. The van der Waals surface area contributed by atoms with E-state index in [1.807, 2.05) is 41.9 Å². The molecular formula is C14H33IN2O4Si. The molecule has 0 radical (unpaired) electrons. The third-order valence-corrected chi connectivity index (χ3v) is 5.78. The average molecular weight is 448 g/mol. The van der Waals surface area contributed by atoms with Gasteiger partial charge in [-0.1, -0.05) is 0 Å². The number of nitrogens with zero attached hydrogens (tertiary/aromatic N) is 2. The molecule has 0 saturated carbocycles. The van der Waals surface area contributed by atoms with E-state index in [-0.39, 0.29) is 29.9 Å². The number of halogens is 1. The molecule has 0 bridgehead atoms. The highest BCUT2D eigenvalue weighted by molar-refractivity contribution is 14.0. The number of rotatable bonds is 12.